The van der Waals surface area contributed by atoms with Crippen molar-refractivity contribution in [1.29, 1.82) is 0 Å². The van der Waals surface area contributed by atoms with E-state index in [1.165, 1.54) is 27.3 Å². The van der Waals surface area contributed by atoms with Gasteiger partial charge in [0.25, 0.3) is 0 Å². The Morgan fingerprint density at radius 3 is 2.64 bits per heavy atom. The topological polar surface area (TPSA) is 74.0 Å². The second-order valence-electron chi connectivity index (χ2n) is 8.21. The summed E-state index contributed by atoms with van der Waals surface area (Å²) in [6, 6.07) is 19.8. The molecular weight excluding hydrogens is 464 g/mol. The van der Waals surface area contributed by atoms with Gasteiger partial charge in [0.1, 0.15) is 22.9 Å². The summed E-state index contributed by atoms with van der Waals surface area (Å²) in [6.45, 7) is 0.549. The first-order chi connectivity index (χ1) is 17.5. The molecule has 36 heavy (non-hydrogen) atoms. The maximum Gasteiger partial charge on any atom is 0.335 e. The lowest BCUT2D eigenvalue weighted by Crippen LogP contribution is -2.23. The van der Waals surface area contributed by atoms with E-state index in [1.807, 2.05) is 0 Å². The summed E-state index contributed by atoms with van der Waals surface area (Å²) in [5.41, 5.74) is 2.31. The summed E-state index contributed by atoms with van der Waals surface area (Å²) in [7, 11) is 1.55. The van der Waals surface area contributed by atoms with Gasteiger partial charge in [0.05, 0.1) is 25.5 Å². The third kappa shape index (κ3) is 4.68. The Hall–Kier alpha value is -4.53. The number of hydrogen-bond donors (Lipinski definition) is 1. The van der Waals surface area contributed by atoms with Gasteiger partial charge < -0.3 is 10.1 Å². The summed E-state index contributed by atoms with van der Waals surface area (Å²) >= 11 is 0. The maximum absolute atomic E-state index is 13.9. The molecule has 5 rings (SSSR count). The molecule has 0 unspecified atom stereocenters. The molecule has 182 valence electrons. The molecule has 0 fully saturated rings. The minimum atomic E-state index is -0.380. The Kier molecular flexibility index (Phi) is 6.44. The number of nitrogens with zero attached hydrogens (tertiary/aromatic N) is 4. The van der Waals surface area contributed by atoms with Crippen LogP contribution in [0, 0.1) is 11.6 Å². The quantitative estimate of drug-likeness (QED) is 0.347. The Morgan fingerprint density at radius 2 is 1.83 bits per heavy atom. The lowest BCUT2D eigenvalue weighted by molar-refractivity contribution is 0.414. The smallest absolute Gasteiger partial charge is 0.335 e. The zero-order chi connectivity index (χ0) is 25.1. The van der Waals surface area contributed by atoms with E-state index < -0.39 is 0 Å². The van der Waals surface area contributed by atoms with Crippen molar-refractivity contribution in [2.45, 2.75) is 13.0 Å². The van der Waals surface area contributed by atoms with Crippen molar-refractivity contribution in [3.05, 3.63) is 112 Å². The Balaban J connectivity index is 1.54. The van der Waals surface area contributed by atoms with Crippen LogP contribution in [-0.4, -0.2) is 32.8 Å². The molecule has 0 aliphatic rings. The highest BCUT2D eigenvalue weighted by molar-refractivity contribution is 5.74. The molecule has 0 amide bonds. The van der Waals surface area contributed by atoms with E-state index in [0.717, 1.165) is 0 Å². The van der Waals surface area contributed by atoms with Gasteiger partial charge in [-0.15, -0.1) is 0 Å². The van der Waals surface area contributed by atoms with Crippen LogP contribution >= 0.6 is 0 Å². The van der Waals surface area contributed by atoms with Crippen LogP contribution in [0.1, 0.15) is 11.1 Å². The molecule has 0 radical (unpaired) electrons. The summed E-state index contributed by atoms with van der Waals surface area (Å²) in [5, 5.41) is 3.11. The zero-order valence-electron chi connectivity index (χ0n) is 19.5. The van der Waals surface area contributed by atoms with Gasteiger partial charge in [-0.3, -0.25) is 4.57 Å². The average molecular weight is 488 g/mol. The number of ether oxygens (including phenoxy) is 1. The third-order valence-corrected chi connectivity index (χ3v) is 5.85. The maximum atomic E-state index is 13.9. The fourth-order valence-corrected chi connectivity index (χ4v) is 4.08. The largest absolute Gasteiger partial charge is 0.497 e. The van der Waals surface area contributed by atoms with Crippen molar-refractivity contribution >= 4 is 17.1 Å². The number of rotatable bonds is 8. The molecule has 5 aromatic rings. The molecule has 0 atom stereocenters. The van der Waals surface area contributed by atoms with Gasteiger partial charge in [-0.25, -0.2) is 23.1 Å². The number of benzene rings is 3. The molecule has 3 aromatic carbocycles. The minimum absolute atomic E-state index is 0.146. The number of fused-ring (bicyclic) bond motifs is 1. The summed E-state index contributed by atoms with van der Waals surface area (Å²) in [6.07, 6.45) is 2.00. The van der Waals surface area contributed by atoms with Gasteiger partial charge in [0.15, 0.2) is 5.65 Å². The highest BCUT2D eigenvalue weighted by atomic mass is 19.1. The highest BCUT2D eigenvalue weighted by Gasteiger charge is 2.18. The minimum Gasteiger partial charge on any atom is -0.497 e. The molecule has 0 aliphatic carbocycles. The fourth-order valence-electron chi connectivity index (χ4n) is 4.08. The molecule has 7 nitrogen and oxygen atoms in total. The molecule has 0 aliphatic heterocycles. The monoisotopic (exact) mass is 487 g/mol. The van der Waals surface area contributed by atoms with Crippen LogP contribution in [0.3, 0.4) is 0 Å². The van der Waals surface area contributed by atoms with Crippen LogP contribution < -0.4 is 15.7 Å². The number of aromatic nitrogens is 4. The standard InChI is InChI=1S/C27H23F2N5O2/c1-36-22-10-5-9-21(15-22)34-25-24(33(27(34)35)17-18-6-4-8-20(28)14-18)16-31-26(32-25)30-13-12-19-7-2-3-11-23(19)29/h2-11,14-16H,12-13,17H2,1H3,(H,30,31,32). The predicted octanol–water partition coefficient (Wildman–Crippen LogP) is 4.57. The van der Waals surface area contributed by atoms with Crippen molar-refractivity contribution in [3.63, 3.8) is 0 Å². The van der Waals surface area contributed by atoms with Gasteiger partial charge in [-0.1, -0.05) is 36.4 Å². The molecule has 0 bridgehead atoms. The fraction of sp³-hybridized carbons (Fsp3) is 0.148. The van der Waals surface area contributed by atoms with Crippen molar-refractivity contribution in [1.82, 2.24) is 19.1 Å². The van der Waals surface area contributed by atoms with E-state index >= 15 is 0 Å². The molecule has 9 heteroatoms. The van der Waals surface area contributed by atoms with Crippen molar-refractivity contribution in [2.75, 3.05) is 19.0 Å². The van der Waals surface area contributed by atoms with Crippen molar-refractivity contribution < 1.29 is 13.5 Å². The van der Waals surface area contributed by atoms with Gasteiger partial charge in [0, 0.05) is 12.6 Å². The lowest BCUT2D eigenvalue weighted by Gasteiger charge is -2.08. The van der Waals surface area contributed by atoms with Gasteiger partial charge in [-0.05, 0) is 47.9 Å². The molecular formula is C27H23F2N5O2. The number of halogens is 2. The molecule has 0 spiro atoms. The SMILES string of the molecule is COc1cccc(-n2c(=O)n(Cc3cccc(F)c3)c3cnc(NCCc4ccccc4F)nc32)c1. The van der Waals surface area contributed by atoms with Gasteiger partial charge in [-0.2, -0.15) is 4.98 Å². The molecule has 0 saturated heterocycles. The Morgan fingerprint density at radius 1 is 1.00 bits per heavy atom. The summed E-state index contributed by atoms with van der Waals surface area (Å²) in [4.78, 5) is 22.6. The van der Waals surface area contributed by atoms with Crippen molar-refractivity contribution in [2.24, 2.45) is 0 Å². The molecule has 2 aromatic heterocycles. The average Bonchev–Trinajstić information content (AvgIpc) is 3.15. The van der Waals surface area contributed by atoms with E-state index in [-0.39, 0.29) is 23.9 Å². The van der Waals surface area contributed by atoms with E-state index in [9.17, 15) is 13.6 Å². The van der Waals surface area contributed by atoms with E-state index in [1.54, 1.807) is 67.9 Å². The normalized spacial score (nSPS) is 11.1. The van der Waals surface area contributed by atoms with E-state index in [4.69, 9.17) is 4.74 Å². The Labute approximate surface area is 205 Å². The van der Waals surface area contributed by atoms with Crippen LogP contribution in [0.5, 0.6) is 5.75 Å². The highest BCUT2D eigenvalue weighted by Crippen LogP contribution is 2.21. The second kappa shape index (κ2) is 9.99. The van der Waals surface area contributed by atoms with E-state index in [0.29, 0.717) is 52.6 Å². The molecule has 1 N–H and O–H groups in total. The predicted molar refractivity (Wildman–Crippen MR) is 134 cm³/mol. The van der Waals surface area contributed by atoms with Crippen LogP contribution in [0.25, 0.3) is 16.9 Å². The van der Waals surface area contributed by atoms with Crippen LogP contribution in [0.2, 0.25) is 0 Å². The first-order valence-corrected chi connectivity index (χ1v) is 11.4. The number of anilines is 1. The van der Waals surface area contributed by atoms with Gasteiger partial charge in [0.2, 0.25) is 5.95 Å². The molecule has 0 saturated carbocycles. The summed E-state index contributed by atoms with van der Waals surface area (Å²) in [5.74, 6) is 0.243. The number of nitrogens with one attached hydrogen (secondary N) is 1. The third-order valence-electron chi connectivity index (χ3n) is 5.85. The number of hydrogen-bond acceptors (Lipinski definition) is 5. The van der Waals surface area contributed by atoms with Crippen LogP contribution in [0.15, 0.2) is 83.8 Å². The Bertz CT molecular complexity index is 1600. The first-order valence-electron chi connectivity index (χ1n) is 11.4. The van der Waals surface area contributed by atoms with Crippen molar-refractivity contribution in [3.8, 4) is 11.4 Å². The number of imidazole rings is 1. The van der Waals surface area contributed by atoms with Crippen LogP contribution in [-0.2, 0) is 13.0 Å². The van der Waals surface area contributed by atoms with E-state index in [2.05, 4.69) is 15.3 Å². The number of methoxy groups -OCH3 is 1. The lowest BCUT2D eigenvalue weighted by atomic mass is 10.1. The summed E-state index contributed by atoms with van der Waals surface area (Å²) < 4.78 is 36.1. The zero-order valence-corrected chi connectivity index (χ0v) is 19.5. The first kappa shape index (κ1) is 23.2. The molecule has 2 heterocycles. The second-order valence-corrected chi connectivity index (χ2v) is 8.21. The van der Waals surface area contributed by atoms with Gasteiger partial charge >= 0.3 is 5.69 Å². The van der Waals surface area contributed by atoms with Crippen LogP contribution in [0.4, 0.5) is 14.7 Å².